The van der Waals surface area contributed by atoms with Crippen LogP contribution in [0.15, 0.2) is 30.5 Å². The number of amides is 4. The highest BCUT2D eigenvalue weighted by atomic mass is 35.5. The Bertz CT molecular complexity index is 2910. The number of nitrogens with two attached hydrogens (primary N) is 1. The fraction of sp³-hybridized carbons (Fsp3) is 0.500. The molecule has 1 saturated carbocycles. The predicted octanol–water partition coefficient (Wildman–Crippen LogP) is 4.35. The number of hydrogen-bond acceptors (Lipinski definition) is 17. The lowest BCUT2D eigenvalue weighted by Crippen LogP contribution is -2.48. The lowest BCUT2D eigenvalue weighted by Gasteiger charge is -2.38. The second-order valence-electron chi connectivity index (χ2n) is 20.2. The zero-order valence-corrected chi connectivity index (χ0v) is 41.8. The monoisotopic (exact) mass is 1060 g/mol. The van der Waals surface area contributed by atoms with E-state index in [9.17, 15) is 28.0 Å². The number of ether oxygens (including phenoxy) is 5. The van der Waals surface area contributed by atoms with Crippen LogP contribution >= 0.6 is 11.6 Å². The molecule has 0 bridgehead atoms. The van der Waals surface area contributed by atoms with Crippen LogP contribution in [0.25, 0.3) is 0 Å². The van der Waals surface area contributed by atoms with Crippen molar-refractivity contribution >= 4 is 65.3 Å². The second kappa shape index (κ2) is 21.3. The zero-order valence-electron chi connectivity index (χ0n) is 41.0. The number of carbonyl (C=O) groups is 5. The molecular weight excluding hydrogens is 1000 g/mol. The van der Waals surface area contributed by atoms with Gasteiger partial charge in [0.15, 0.2) is 36.4 Å². The van der Waals surface area contributed by atoms with E-state index < -0.39 is 17.8 Å². The molecule has 6 N–H and O–H groups in total. The number of nitrogens with one attached hydrogen (secondary N) is 3. The average Bonchev–Trinajstić information content (AvgIpc) is 3.75. The first-order valence-electron chi connectivity index (χ1n) is 24.9. The van der Waals surface area contributed by atoms with Crippen molar-refractivity contribution in [1.82, 2.24) is 30.2 Å². The maximum atomic E-state index is 14.8. The Labute approximate surface area is 433 Å². The van der Waals surface area contributed by atoms with Crippen LogP contribution < -0.4 is 45.7 Å². The van der Waals surface area contributed by atoms with E-state index in [1.54, 1.807) is 19.1 Å². The van der Waals surface area contributed by atoms with E-state index in [2.05, 4.69) is 40.8 Å². The number of rotatable bonds is 12. The van der Waals surface area contributed by atoms with Gasteiger partial charge in [-0.15, -0.1) is 0 Å². The van der Waals surface area contributed by atoms with E-state index in [1.807, 2.05) is 6.07 Å². The highest BCUT2D eigenvalue weighted by Crippen LogP contribution is 2.40. The van der Waals surface area contributed by atoms with Crippen LogP contribution in [0, 0.1) is 30.4 Å². The van der Waals surface area contributed by atoms with Crippen LogP contribution in [0.1, 0.15) is 60.1 Å². The molecule has 3 aliphatic carbocycles. The smallest absolute Gasteiger partial charge is 0.416 e. The molecule has 3 aromatic heterocycles. The fourth-order valence-electron chi connectivity index (χ4n) is 10.5. The molecule has 4 amide bonds. The van der Waals surface area contributed by atoms with Crippen LogP contribution in [0.2, 0.25) is 5.15 Å². The number of hydrogen-bond donors (Lipinski definition) is 5. The molecule has 3 saturated heterocycles. The van der Waals surface area contributed by atoms with Gasteiger partial charge in [-0.1, -0.05) is 11.6 Å². The van der Waals surface area contributed by atoms with E-state index in [1.165, 1.54) is 22.1 Å². The van der Waals surface area contributed by atoms with E-state index in [0.717, 1.165) is 55.6 Å². The van der Waals surface area contributed by atoms with Gasteiger partial charge in [-0.25, -0.2) is 38.3 Å². The van der Waals surface area contributed by atoms with Gasteiger partial charge < -0.3 is 55.4 Å². The molecule has 25 heteroatoms. The third-order valence-corrected chi connectivity index (χ3v) is 15.0. The molecule has 3 atom stereocenters. The summed E-state index contributed by atoms with van der Waals surface area (Å²) in [5.41, 5.74) is 8.92. The molecule has 1 aromatic carbocycles. The van der Waals surface area contributed by atoms with Crippen LogP contribution in [-0.2, 0) is 49.5 Å². The average molecular weight is 1060 g/mol. The minimum Gasteiger partial charge on any atom is -0.492 e. The molecule has 22 nitrogen and oxygen atoms in total. The molecule has 0 radical (unpaired) electrons. The minimum atomic E-state index is -0.593. The maximum absolute atomic E-state index is 14.8. The molecule has 8 heterocycles. The number of halogens is 3. The first kappa shape index (κ1) is 51.5. The summed E-state index contributed by atoms with van der Waals surface area (Å²) in [7, 11) is 0. The Hall–Kier alpha value is -7.02. The Morgan fingerprint density at radius 2 is 1.63 bits per heavy atom. The molecule has 4 aromatic rings. The third kappa shape index (κ3) is 11.5. The van der Waals surface area contributed by atoms with E-state index in [-0.39, 0.29) is 72.4 Å². The highest BCUT2D eigenvalue weighted by molar-refractivity contribution is 6.30. The number of anilines is 4. The topological polar surface area (TPSA) is 275 Å². The van der Waals surface area contributed by atoms with Gasteiger partial charge in [-0.3, -0.25) is 24.2 Å². The number of fused-ring (bicyclic) bond motifs is 4. The number of aromatic nitrogens is 4. The van der Waals surface area contributed by atoms with E-state index in [0.29, 0.717) is 123 Å². The number of piperidine rings is 1. The number of aryl methyl sites for hydroxylation is 1. The van der Waals surface area contributed by atoms with Gasteiger partial charge in [0.05, 0.1) is 30.5 Å². The number of carboxylic acid groups (broad SMARTS) is 1. The number of benzene rings is 1. The summed E-state index contributed by atoms with van der Waals surface area (Å²) in [6, 6.07) is 6.80. The van der Waals surface area contributed by atoms with Gasteiger partial charge >= 0.3 is 12.2 Å². The van der Waals surface area contributed by atoms with Crippen molar-refractivity contribution in [3.8, 4) is 17.4 Å². The van der Waals surface area contributed by atoms with Gasteiger partial charge in [-0.2, -0.15) is 0 Å². The van der Waals surface area contributed by atoms with E-state index in [4.69, 9.17) is 50.9 Å². The van der Waals surface area contributed by atoms with Crippen LogP contribution in [0.4, 0.5) is 41.6 Å². The second-order valence-corrected chi connectivity index (χ2v) is 20.6. The molecule has 3 unspecified atom stereocenters. The Morgan fingerprint density at radius 3 is 2.40 bits per heavy atom. The van der Waals surface area contributed by atoms with Gasteiger partial charge in [0.25, 0.3) is 24.2 Å². The highest BCUT2D eigenvalue weighted by Gasteiger charge is 2.49. The summed E-state index contributed by atoms with van der Waals surface area (Å²) in [5.74, 6) is 1.98. The van der Waals surface area contributed by atoms with Crippen molar-refractivity contribution in [1.29, 1.82) is 0 Å². The quantitative estimate of drug-likeness (QED) is 0.0749. The number of nitrogens with zero attached hydrogens (tertiary/aromatic N) is 7. The molecule has 398 valence electrons. The Kier molecular flexibility index (Phi) is 14.6. The lowest BCUT2D eigenvalue weighted by atomic mass is 9.90. The fourth-order valence-corrected chi connectivity index (χ4v) is 10.9. The molecule has 4 fully saturated rings. The van der Waals surface area contributed by atoms with Gasteiger partial charge in [0, 0.05) is 38.5 Å². The van der Waals surface area contributed by atoms with Gasteiger partial charge in [-0.05, 0) is 117 Å². The first-order chi connectivity index (χ1) is 36.1. The normalized spacial score (nSPS) is 22.3. The number of carbonyl (C=O) groups excluding carboxylic acids is 4. The van der Waals surface area contributed by atoms with Crippen molar-refractivity contribution in [2.24, 2.45) is 17.6 Å². The minimum absolute atomic E-state index is 0.0552. The van der Waals surface area contributed by atoms with Crippen molar-refractivity contribution in [2.45, 2.75) is 82.0 Å². The van der Waals surface area contributed by atoms with Crippen molar-refractivity contribution in [2.75, 3.05) is 86.1 Å². The standard InChI is InChI=1S/C27H31FN6O5.C22H23ClFN5O4.CH2O2/c28-20-10-18(38-15-26(29)1-2-26)9-17-7-16(8-19(17)20)12-33-5-3-27(4-6-33)14-34(25(36)39-27)21-11-30-24-23(31-21)32-22(35)13-37-24;1-11-19(24)14-6-12(7-15(14)20(23)26-11)8-25-5-4-13-9-29(22(31)33-13)17-3-2-16-21(27-17)28-18(30)10-32-16;2-1-3/h9-11,16H,1-8,12-15,29H2,(H,31,32,35);2-3,12-13,25H,4-10H2,1H3,(H,27,28,30);1H,(H,2,3). The molecule has 8 aliphatic rings. The maximum Gasteiger partial charge on any atom is 0.416 e. The number of likely N-dealkylation sites (tertiary alicyclic amines) is 1. The molecule has 12 rings (SSSR count). The third-order valence-electron chi connectivity index (χ3n) is 14.7. The molecule has 75 heavy (non-hydrogen) atoms. The van der Waals surface area contributed by atoms with E-state index >= 15 is 0 Å². The Balaban J connectivity index is 0.000000165. The summed E-state index contributed by atoms with van der Waals surface area (Å²) >= 11 is 6.20. The van der Waals surface area contributed by atoms with Crippen molar-refractivity contribution < 1.29 is 61.5 Å². The van der Waals surface area contributed by atoms with Gasteiger partial charge in [0.1, 0.15) is 46.7 Å². The van der Waals surface area contributed by atoms with Crippen LogP contribution in [-0.4, -0.2) is 143 Å². The summed E-state index contributed by atoms with van der Waals surface area (Å²) in [6.07, 6.45) is 7.01. The van der Waals surface area contributed by atoms with Crippen molar-refractivity contribution in [3.63, 3.8) is 0 Å². The Morgan fingerprint density at radius 1 is 0.907 bits per heavy atom. The first-order valence-corrected chi connectivity index (χ1v) is 25.2. The van der Waals surface area contributed by atoms with Crippen molar-refractivity contribution in [3.05, 3.63) is 75.2 Å². The lowest BCUT2D eigenvalue weighted by molar-refractivity contribution is -0.123. The SMILES string of the molecule is Cc1nc(Cl)c2c(c1F)CC(CNCCC1CN(c3ccc4c(n3)NC(=O)CO4)C(=O)O1)C2.NC1(COc2cc(F)c3c(c2)CC(CN2CCC4(CC2)CN(c2cnc5c(n2)NC(=O)CO5)C(=O)O4)C3)CC1.O=CO. The van der Waals surface area contributed by atoms with Gasteiger partial charge in [0.2, 0.25) is 0 Å². The predicted molar refractivity (Wildman–Crippen MR) is 264 cm³/mol. The van der Waals surface area contributed by atoms with Crippen LogP contribution in [0.3, 0.4) is 0 Å². The number of pyridine rings is 2. The largest absolute Gasteiger partial charge is 0.492 e. The molecular formula is C50H56ClF2N11O11. The summed E-state index contributed by atoms with van der Waals surface area (Å²) < 4.78 is 56.9. The number of cyclic esters (lactones) is 1. The zero-order chi connectivity index (χ0) is 52.6. The summed E-state index contributed by atoms with van der Waals surface area (Å²) in [5, 5.41) is 15.9. The van der Waals surface area contributed by atoms with Crippen LogP contribution in [0.5, 0.6) is 17.4 Å². The molecule has 5 aliphatic heterocycles. The summed E-state index contributed by atoms with van der Waals surface area (Å²) in [6.45, 7) is 6.15. The molecule has 1 spiro atoms. The summed E-state index contributed by atoms with van der Waals surface area (Å²) in [4.78, 5) is 78.9.